The van der Waals surface area contributed by atoms with Gasteiger partial charge in [-0.25, -0.2) is 0 Å². The van der Waals surface area contributed by atoms with Crippen LogP contribution in [-0.2, 0) is 16.1 Å². The molecule has 2 fully saturated rings. The number of guanidine groups is 1. The van der Waals surface area contributed by atoms with Gasteiger partial charge in [-0.2, -0.15) is 0 Å². The molecule has 158 valence electrons. The van der Waals surface area contributed by atoms with Gasteiger partial charge in [-0.05, 0) is 30.5 Å². The molecule has 0 bridgehead atoms. The molecule has 2 heterocycles. The van der Waals surface area contributed by atoms with Crippen LogP contribution in [0, 0.1) is 0 Å². The Labute approximate surface area is 172 Å². The third-order valence-electron chi connectivity index (χ3n) is 5.37. The summed E-state index contributed by atoms with van der Waals surface area (Å²) in [7, 11) is 5.26. The average molecular weight is 402 g/mol. The van der Waals surface area contributed by atoms with Gasteiger partial charge in [-0.15, -0.1) is 0 Å². The lowest BCUT2D eigenvalue weighted by Gasteiger charge is -2.37. The standard InChI is InChI=1S/C21H31N5O3/c1-22-21(23-15-16-6-8-17(9-7-16)19(27)24(2)3)26-12-10-25(11-13-26)20(28)18-5-4-14-29-18/h6-9,18H,4-5,10-15H2,1-3H3,(H,22,23). The number of ether oxygens (including phenoxy) is 1. The zero-order valence-corrected chi connectivity index (χ0v) is 17.6. The number of nitrogens with one attached hydrogen (secondary N) is 1. The highest BCUT2D eigenvalue weighted by Crippen LogP contribution is 2.16. The summed E-state index contributed by atoms with van der Waals surface area (Å²) in [6, 6.07) is 7.60. The smallest absolute Gasteiger partial charge is 0.253 e. The van der Waals surface area contributed by atoms with Crippen molar-refractivity contribution < 1.29 is 14.3 Å². The third kappa shape index (κ3) is 5.26. The van der Waals surface area contributed by atoms with Crippen LogP contribution < -0.4 is 5.32 Å². The summed E-state index contributed by atoms with van der Waals surface area (Å²) in [5.74, 6) is 0.941. The number of hydrogen-bond donors (Lipinski definition) is 1. The molecule has 0 spiro atoms. The fourth-order valence-electron chi connectivity index (χ4n) is 3.65. The fraction of sp³-hybridized carbons (Fsp3) is 0.571. The fourth-order valence-corrected chi connectivity index (χ4v) is 3.65. The van der Waals surface area contributed by atoms with E-state index in [4.69, 9.17) is 4.74 Å². The van der Waals surface area contributed by atoms with E-state index in [1.807, 2.05) is 29.2 Å². The van der Waals surface area contributed by atoms with Crippen LogP contribution in [0.2, 0.25) is 0 Å². The Morgan fingerprint density at radius 1 is 1.14 bits per heavy atom. The lowest BCUT2D eigenvalue weighted by molar-refractivity contribution is -0.142. The molecule has 1 aromatic rings. The number of aliphatic imine (C=N–C) groups is 1. The quantitative estimate of drug-likeness (QED) is 0.596. The highest BCUT2D eigenvalue weighted by atomic mass is 16.5. The van der Waals surface area contributed by atoms with Crippen LogP contribution in [0.25, 0.3) is 0 Å². The van der Waals surface area contributed by atoms with Crippen LogP contribution >= 0.6 is 0 Å². The second-order valence-electron chi connectivity index (χ2n) is 7.61. The van der Waals surface area contributed by atoms with Crippen LogP contribution in [-0.4, -0.2) is 92.5 Å². The van der Waals surface area contributed by atoms with Crippen molar-refractivity contribution in [1.29, 1.82) is 0 Å². The maximum Gasteiger partial charge on any atom is 0.253 e. The van der Waals surface area contributed by atoms with E-state index in [1.54, 1.807) is 26.0 Å². The molecule has 0 radical (unpaired) electrons. The molecule has 8 nitrogen and oxygen atoms in total. The Balaban J connectivity index is 1.48. The molecular formula is C21H31N5O3. The van der Waals surface area contributed by atoms with Gasteiger partial charge in [0.25, 0.3) is 11.8 Å². The summed E-state index contributed by atoms with van der Waals surface area (Å²) in [5.41, 5.74) is 1.75. The molecule has 1 N–H and O–H groups in total. The average Bonchev–Trinajstić information content (AvgIpc) is 3.29. The normalized spacial score (nSPS) is 20.0. The second-order valence-corrected chi connectivity index (χ2v) is 7.61. The molecule has 3 rings (SSSR count). The molecule has 29 heavy (non-hydrogen) atoms. The van der Waals surface area contributed by atoms with Gasteiger partial charge in [0.1, 0.15) is 6.10 Å². The molecular weight excluding hydrogens is 370 g/mol. The van der Waals surface area contributed by atoms with E-state index in [0.717, 1.165) is 37.5 Å². The van der Waals surface area contributed by atoms with Crippen molar-refractivity contribution in [3.05, 3.63) is 35.4 Å². The first-order valence-electron chi connectivity index (χ1n) is 10.2. The molecule has 0 aliphatic carbocycles. The molecule has 2 amide bonds. The van der Waals surface area contributed by atoms with E-state index in [9.17, 15) is 9.59 Å². The zero-order valence-electron chi connectivity index (χ0n) is 17.6. The molecule has 0 aromatic heterocycles. The van der Waals surface area contributed by atoms with E-state index >= 15 is 0 Å². The number of rotatable bonds is 4. The van der Waals surface area contributed by atoms with E-state index < -0.39 is 0 Å². The van der Waals surface area contributed by atoms with E-state index in [1.165, 1.54) is 0 Å². The largest absolute Gasteiger partial charge is 0.368 e. The summed E-state index contributed by atoms with van der Waals surface area (Å²) < 4.78 is 5.52. The number of hydrogen-bond acceptors (Lipinski definition) is 4. The van der Waals surface area contributed by atoms with Crippen molar-refractivity contribution >= 4 is 17.8 Å². The number of benzene rings is 1. The van der Waals surface area contributed by atoms with Crippen molar-refractivity contribution in [3.8, 4) is 0 Å². The van der Waals surface area contributed by atoms with Gasteiger partial charge in [0.2, 0.25) is 0 Å². The van der Waals surface area contributed by atoms with Crippen molar-refractivity contribution in [2.45, 2.75) is 25.5 Å². The molecule has 2 saturated heterocycles. The molecule has 1 unspecified atom stereocenters. The first-order valence-corrected chi connectivity index (χ1v) is 10.2. The first kappa shape index (κ1) is 21.1. The number of carbonyl (C=O) groups is 2. The van der Waals surface area contributed by atoms with Crippen molar-refractivity contribution in [1.82, 2.24) is 20.0 Å². The highest BCUT2D eigenvalue weighted by Gasteiger charge is 2.30. The minimum absolute atomic E-state index is 0.00394. The number of nitrogens with zero attached hydrogens (tertiary/aromatic N) is 4. The number of piperazine rings is 1. The lowest BCUT2D eigenvalue weighted by atomic mass is 10.1. The van der Waals surface area contributed by atoms with Crippen LogP contribution in [0.3, 0.4) is 0 Å². The van der Waals surface area contributed by atoms with Crippen LogP contribution in [0.5, 0.6) is 0 Å². The van der Waals surface area contributed by atoms with Crippen molar-refractivity contribution in [2.24, 2.45) is 4.99 Å². The summed E-state index contributed by atoms with van der Waals surface area (Å²) >= 11 is 0. The molecule has 2 aliphatic heterocycles. The Bertz CT molecular complexity index is 733. The Morgan fingerprint density at radius 2 is 1.79 bits per heavy atom. The summed E-state index contributed by atoms with van der Waals surface area (Å²) in [6.45, 7) is 4.17. The number of carbonyl (C=O) groups excluding carboxylic acids is 2. The molecule has 1 atom stereocenters. The number of amides is 2. The van der Waals surface area contributed by atoms with Gasteiger partial charge >= 0.3 is 0 Å². The van der Waals surface area contributed by atoms with Crippen LogP contribution in [0.1, 0.15) is 28.8 Å². The Hall–Kier alpha value is -2.61. The molecule has 1 aromatic carbocycles. The zero-order chi connectivity index (χ0) is 20.8. The van der Waals surface area contributed by atoms with Gasteiger partial charge in [-0.3, -0.25) is 14.6 Å². The highest BCUT2D eigenvalue weighted by molar-refractivity contribution is 5.93. The van der Waals surface area contributed by atoms with Crippen LogP contribution in [0.4, 0.5) is 0 Å². The SMILES string of the molecule is CN=C(NCc1ccc(C(=O)N(C)C)cc1)N1CCN(C(=O)C2CCCO2)CC1. The van der Waals surface area contributed by atoms with Crippen molar-refractivity contribution in [3.63, 3.8) is 0 Å². The van der Waals surface area contributed by atoms with E-state index in [2.05, 4.69) is 15.2 Å². The second kappa shape index (κ2) is 9.73. The monoisotopic (exact) mass is 401 g/mol. The van der Waals surface area contributed by atoms with Gasteiger partial charge in [0.15, 0.2) is 5.96 Å². The minimum atomic E-state index is -0.249. The topological polar surface area (TPSA) is 77.5 Å². The van der Waals surface area contributed by atoms with Gasteiger partial charge < -0.3 is 24.8 Å². The minimum Gasteiger partial charge on any atom is -0.368 e. The van der Waals surface area contributed by atoms with E-state index in [0.29, 0.717) is 31.8 Å². The van der Waals surface area contributed by atoms with Crippen LogP contribution in [0.15, 0.2) is 29.3 Å². The Morgan fingerprint density at radius 3 is 2.34 bits per heavy atom. The first-order chi connectivity index (χ1) is 14.0. The van der Waals surface area contributed by atoms with Gasteiger partial charge in [0.05, 0.1) is 0 Å². The maximum atomic E-state index is 12.5. The molecule has 0 saturated carbocycles. The maximum absolute atomic E-state index is 12.5. The summed E-state index contributed by atoms with van der Waals surface area (Å²) in [4.78, 5) is 34.5. The lowest BCUT2D eigenvalue weighted by Crippen LogP contribution is -2.55. The summed E-state index contributed by atoms with van der Waals surface area (Å²) in [6.07, 6.45) is 1.56. The molecule has 8 heteroatoms. The predicted molar refractivity (Wildman–Crippen MR) is 112 cm³/mol. The van der Waals surface area contributed by atoms with E-state index in [-0.39, 0.29) is 17.9 Å². The van der Waals surface area contributed by atoms with Gasteiger partial charge in [-0.1, -0.05) is 12.1 Å². The van der Waals surface area contributed by atoms with Gasteiger partial charge in [0, 0.05) is 66.0 Å². The predicted octanol–water partition coefficient (Wildman–Crippen LogP) is 0.787. The third-order valence-corrected chi connectivity index (χ3v) is 5.37. The molecule has 2 aliphatic rings. The Kier molecular flexibility index (Phi) is 7.09. The summed E-state index contributed by atoms with van der Waals surface area (Å²) in [5, 5.41) is 3.38. The van der Waals surface area contributed by atoms with Crippen molar-refractivity contribution in [2.75, 3.05) is 53.9 Å².